The van der Waals surface area contributed by atoms with E-state index in [0.29, 0.717) is 27.6 Å². The van der Waals surface area contributed by atoms with Crippen LogP contribution in [0.5, 0.6) is 0 Å². The first-order valence-electron chi connectivity index (χ1n) is 8.34. The van der Waals surface area contributed by atoms with Crippen LogP contribution in [-0.2, 0) is 18.9 Å². The zero-order valence-corrected chi connectivity index (χ0v) is 13.6. The molecule has 2 unspecified atom stereocenters. The van der Waals surface area contributed by atoms with E-state index in [0.717, 1.165) is 6.42 Å². The molecule has 6 heteroatoms. The lowest BCUT2D eigenvalue weighted by atomic mass is 9.43. The SMILES string of the molecule is C=C[B-]12OC(=O)C[N+]1([C@H]1CC3CC([C@@H]1C)C3(C)C)CC(=O)O2. The Labute approximate surface area is 131 Å². The molecule has 0 radical (unpaired) electrons. The Morgan fingerprint density at radius 2 is 1.82 bits per heavy atom. The summed E-state index contributed by atoms with van der Waals surface area (Å²) in [4.78, 5) is 24.1. The average molecular weight is 305 g/mol. The Balaban J connectivity index is 1.76. The van der Waals surface area contributed by atoms with Crippen molar-refractivity contribution < 1.29 is 23.3 Å². The molecule has 120 valence electrons. The van der Waals surface area contributed by atoms with E-state index in [9.17, 15) is 9.59 Å². The lowest BCUT2D eigenvalue weighted by molar-refractivity contribution is -0.850. The van der Waals surface area contributed by atoms with Crippen molar-refractivity contribution in [3.05, 3.63) is 12.6 Å². The van der Waals surface area contributed by atoms with Gasteiger partial charge in [0.1, 0.15) is 13.1 Å². The maximum absolute atomic E-state index is 12.0. The number of rotatable bonds is 2. The quantitative estimate of drug-likeness (QED) is 0.728. The van der Waals surface area contributed by atoms with Crippen molar-refractivity contribution in [3.8, 4) is 0 Å². The fraction of sp³-hybridized carbons (Fsp3) is 0.750. The first-order chi connectivity index (χ1) is 10.3. The second-order valence-electron chi connectivity index (χ2n) is 8.39. The van der Waals surface area contributed by atoms with Crippen LogP contribution in [0, 0.1) is 23.2 Å². The van der Waals surface area contributed by atoms with Gasteiger partial charge in [-0.25, -0.2) is 0 Å². The first kappa shape index (κ1) is 14.3. The number of nitrogens with zero attached hydrogens (tertiary/aromatic N) is 1. The van der Waals surface area contributed by atoms with E-state index in [2.05, 4.69) is 27.4 Å². The summed E-state index contributed by atoms with van der Waals surface area (Å²) in [7, 11) is 0. The highest BCUT2D eigenvalue weighted by Gasteiger charge is 2.71. The number of quaternary nitrogens is 1. The third kappa shape index (κ3) is 1.40. The van der Waals surface area contributed by atoms with Gasteiger partial charge < -0.3 is 13.7 Å². The van der Waals surface area contributed by atoms with Crippen molar-refractivity contribution in [3.63, 3.8) is 0 Å². The number of hydrogen-bond donors (Lipinski definition) is 0. The molecular weight excluding hydrogens is 281 g/mol. The van der Waals surface area contributed by atoms with E-state index in [1.807, 2.05) is 0 Å². The summed E-state index contributed by atoms with van der Waals surface area (Å²) in [5.41, 5.74) is 0.368. The van der Waals surface area contributed by atoms with E-state index in [4.69, 9.17) is 9.31 Å². The second-order valence-corrected chi connectivity index (χ2v) is 8.39. The van der Waals surface area contributed by atoms with Gasteiger partial charge in [-0.1, -0.05) is 26.7 Å². The van der Waals surface area contributed by atoms with Crippen molar-refractivity contribution in [2.75, 3.05) is 13.1 Å². The molecule has 4 atom stereocenters. The molecule has 22 heavy (non-hydrogen) atoms. The second kappa shape index (κ2) is 3.96. The standard InChI is InChI=1S/C16H24BNO4/c1-5-17-18(8-14(19)21-17,9-15(20)22-17)13-7-11-6-12(10(13)2)16(11,3)4/h5,10-13H,1,6-9H2,2-4H3/t10-,11?,12?,13-,17?,18?/m0/s1. The van der Waals surface area contributed by atoms with Crippen LogP contribution in [0.25, 0.3) is 0 Å². The zero-order valence-electron chi connectivity index (χ0n) is 13.6. The minimum absolute atomic E-state index is 0.243. The van der Waals surface area contributed by atoms with Gasteiger partial charge in [0.2, 0.25) is 0 Å². The Hall–Kier alpha value is -1.30. The van der Waals surface area contributed by atoms with Gasteiger partial charge in [-0.3, -0.25) is 9.59 Å². The molecule has 0 aromatic rings. The van der Waals surface area contributed by atoms with Crippen molar-refractivity contribution in [1.29, 1.82) is 0 Å². The predicted octanol–water partition coefficient (Wildman–Crippen LogP) is 1.65. The van der Waals surface area contributed by atoms with Crippen LogP contribution >= 0.6 is 0 Å². The summed E-state index contributed by atoms with van der Waals surface area (Å²) >= 11 is 0. The zero-order chi connectivity index (χ0) is 15.9. The van der Waals surface area contributed by atoms with Crippen LogP contribution in [0.1, 0.15) is 33.6 Å². The molecule has 5 aliphatic rings. The van der Waals surface area contributed by atoms with E-state index in [-0.39, 0.29) is 31.1 Å². The van der Waals surface area contributed by atoms with Gasteiger partial charge in [-0.2, -0.15) is 0 Å². The fourth-order valence-corrected chi connectivity index (χ4v) is 6.08. The molecule has 2 aliphatic heterocycles. The average Bonchev–Trinajstić information content (AvgIpc) is 2.85. The largest absolute Gasteiger partial charge is 0.607 e. The van der Waals surface area contributed by atoms with E-state index in [1.54, 1.807) is 5.98 Å². The molecule has 0 spiro atoms. The third-order valence-corrected chi connectivity index (χ3v) is 7.44. The number of hydrogen-bond acceptors (Lipinski definition) is 4. The topological polar surface area (TPSA) is 52.6 Å². The van der Waals surface area contributed by atoms with Gasteiger partial charge in [0.15, 0.2) is 0 Å². The van der Waals surface area contributed by atoms with Crippen LogP contribution in [0.4, 0.5) is 0 Å². The lowest BCUT2D eigenvalue weighted by Gasteiger charge is -2.66. The minimum atomic E-state index is -2.07. The van der Waals surface area contributed by atoms with Crippen molar-refractivity contribution >= 4 is 18.6 Å². The summed E-state index contributed by atoms with van der Waals surface area (Å²) in [6.45, 7) is 9.21. The van der Waals surface area contributed by atoms with Crippen LogP contribution < -0.4 is 0 Å². The number of carbonyl (C=O) groups excluding carboxylic acids is 2. The molecule has 5 fully saturated rings. The van der Waals surface area contributed by atoms with Gasteiger partial charge >= 0.3 is 18.6 Å². The molecule has 2 saturated heterocycles. The Kier molecular flexibility index (Phi) is 2.58. The molecule has 3 aliphatic carbocycles. The van der Waals surface area contributed by atoms with Crippen molar-refractivity contribution in [1.82, 2.24) is 0 Å². The molecule has 2 bridgehead atoms. The predicted molar refractivity (Wildman–Crippen MR) is 81.1 cm³/mol. The van der Waals surface area contributed by atoms with Gasteiger partial charge in [0, 0.05) is 5.92 Å². The third-order valence-electron chi connectivity index (χ3n) is 7.44. The number of carbonyl (C=O) groups is 2. The van der Waals surface area contributed by atoms with Crippen LogP contribution in [-0.4, -0.2) is 42.2 Å². The Morgan fingerprint density at radius 1 is 1.23 bits per heavy atom. The minimum Gasteiger partial charge on any atom is -0.596 e. The normalized spacial score (nSPS) is 51.6. The van der Waals surface area contributed by atoms with E-state index >= 15 is 0 Å². The maximum Gasteiger partial charge on any atom is 0.607 e. The van der Waals surface area contributed by atoms with Gasteiger partial charge in [-0.05, 0) is 30.1 Å². The maximum atomic E-state index is 12.0. The van der Waals surface area contributed by atoms with Gasteiger partial charge in [0.05, 0.1) is 6.04 Å². The van der Waals surface area contributed by atoms with E-state index in [1.165, 1.54) is 6.42 Å². The molecule has 0 aromatic carbocycles. The Bertz CT molecular complexity index is 567. The van der Waals surface area contributed by atoms with Crippen LogP contribution in [0.3, 0.4) is 0 Å². The highest BCUT2D eigenvalue weighted by molar-refractivity contribution is 6.71. The van der Waals surface area contributed by atoms with Gasteiger partial charge in [0.25, 0.3) is 0 Å². The first-order valence-corrected chi connectivity index (χ1v) is 8.34. The van der Waals surface area contributed by atoms with E-state index < -0.39 is 6.69 Å². The molecule has 3 saturated carbocycles. The highest BCUT2D eigenvalue weighted by atomic mass is 16.7. The van der Waals surface area contributed by atoms with Crippen molar-refractivity contribution in [2.45, 2.75) is 39.7 Å². The lowest BCUT2D eigenvalue weighted by Crippen LogP contribution is -2.73. The molecule has 0 aromatic heterocycles. The Morgan fingerprint density at radius 3 is 2.27 bits per heavy atom. The summed E-state index contributed by atoms with van der Waals surface area (Å²) in [5.74, 6) is 2.80. The molecule has 5 nitrogen and oxygen atoms in total. The summed E-state index contributed by atoms with van der Waals surface area (Å²) in [6.07, 6.45) is 2.30. The summed E-state index contributed by atoms with van der Waals surface area (Å²) in [5, 5.41) is 0. The molecular formula is C16H24BNO4. The summed E-state index contributed by atoms with van der Waals surface area (Å²) < 4.78 is 11.4. The molecule has 2 heterocycles. The fourth-order valence-electron chi connectivity index (χ4n) is 6.08. The summed E-state index contributed by atoms with van der Waals surface area (Å²) in [6, 6.07) is 0.243. The van der Waals surface area contributed by atoms with Crippen molar-refractivity contribution in [2.24, 2.45) is 23.2 Å². The number of fused-ring (bicyclic) bond motifs is 4. The van der Waals surface area contributed by atoms with Crippen LogP contribution in [0.2, 0.25) is 0 Å². The smallest absolute Gasteiger partial charge is 0.596 e. The highest BCUT2D eigenvalue weighted by Crippen LogP contribution is 2.64. The molecule has 0 N–H and O–H groups in total. The monoisotopic (exact) mass is 305 g/mol. The van der Waals surface area contributed by atoms with Gasteiger partial charge in [-0.15, -0.1) is 6.58 Å². The van der Waals surface area contributed by atoms with Crippen LogP contribution in [0.15, 0.2) is 12.6 Å². The molecule has 0 amide bonds. The molecule has 5 rings (SSSR count).